The van der Waals surface area contributed by atoms with E-state index >= 15 is 0 Å². The van der Waals surface area contributed by atoms with Crippen molar-refractivity contribution in [1.82, 2.24) is 0 Å². The summed E-state index contributed by atoms with van der Waals surface area (Å²) in [5.74, 6) is 0. The second-order valence-corrected chi connectivity index (χ2v) is 1.99. The van der Waals surface area contributed by atoms with Gasteiger partial charge in [-0.1, -0.05) is 47.5 Å². The molecule has 0 aliphatic rings. The molecular formula is C9H22O. The molecule has 0 saturated carbocycles. The Morgan fingerprint density at radius 3 is 1.00 bits per heavy atom. The van der Waals surface area contributed by atoms with Gasteiger partial charge in [0.1, 0.15) is 6.29 Å². The minimum absolute atomic E-state index is 0.639. The highest BCUT2D eigenvalue weighted by Crippen LogP contribution is 1.56. The molecule has 10 heavy (non-hydrogen) atoms. The topological polar surface area (TPSA) is 17.1 Å². The maximum absolute atomic E-state index is 9.17. The van der Waals surface area contributed by atoms with Gasteiger partial charge in [0.05, 0.1) is 0 Å². The van der Waals surface area contributed by atoms with Crippen LogP contribution in [0, 0.1) is 0 Å². The summed E-state index contributed by atoms with van der Waals surface area (Å²) in [6, 6.07) is 0. The lowest BCUT2D eigenvalue weighted by atomic mass is 10.6. The molecular weight excluding hydrogens is 124 g/mol. The van der Waals surface area contributed by atoms with Crippen molar-refractivity contribution in [3.63, 3.8) is 0 Å². The van der Waals surface area contributed by atoms with Gasteiger partial charge >= 0.3 is 0 Å². The van der Waals surface area contributed by atoms with Crippen LogP contribution in [0.3, 0.4) is 0 Å². The van der Waals surface area contributed by atoms with Crippen LogP contribution >= 0.6 is 0 Å². The molecule has 0 radical (unpaired) electrons. The quantitative estimate of drug-likeness (QED) is 0.518. The summed E-state index contributed by atoms with van der Waals surface area (Å²) in [4.78, 5) is 9.17. The molecule has 0 unspecified atom stereocenters. The van der Waals surface area contributed by atoms with E-state index < -0.39 is 0 Å². The van der Waals surface area contributed by atoms with Crippen molar-refractivity contribution in [2.45, 2.75) is 53.9 Å². The summed E-state index contributed by atoms with van der Waals surface area (Å²) in [7, 11) is 0. The Hall–Kier alpha value is -0.330. The lowest BCUT2D eigenvalue weighted by Crippen LogP contribution is -1.55. The van der Waals surface area contributed by atoms with E-state index in [4.69, 9.17) is 0 Å². The van der Waals surface area contributed by atoms with Crippen LogP contribution in [0.2, 0.25) is 0 Å². The smallest absolute Gasteiger partial charge is 0.119 e. The molecule has 0 saturated heterocycles. The largest absolute Gasteiger partial charge is 0.303 e. The number of carbonyl (C=O) groups is 1. The molecule has 0 N–H and O–H groups in total. The first-order valence-electron chi connectivity index (χ1n) is 4.18. The van der Waals surface area contributed by atoms with Crippen LogP contribution in [-0.2, 0) is 4.79 Å². The van der Waals surface area contributed by atoms with Crippen molar-refractivity contribution in [3.8, 4) is 0 Å². The van der Waals surface area contributed by atoms with Gasteiger partial charge in [-0.3, -0.25) is 0 Å². The van der Waals surface area contributed by atoms with Crippen molar-refractivity contribution in [2.75, 3.05) is 0 Å². The summed E-state index contributed by atoms with van der Waals surface area (Å²) in [6.07, 6.45) is 4.01. The summed E-state index contributed by atoms with van der Waals surface area (Å²) in [5.41, 5.74) is 0. The van der Waals surface area contributed by atoms with Gasteiger partial charge in [-0.25, -0.2) is 0 Å². The van der Waals surface area contributed by atoms with Crippen LogP contribution in [-0.4, -0.2) is 6.29 Å². The van der Waals surface area contributed by atoms with Crippen molar-refractivity contribution in [3.05, 3.63) is 0 Å². The molecule has 0 aromatic rings. The number of hydrogen-bond acceptors (Lipinski definition) is 1. The molecule has 0 aliphatic heterocycles. The zero-order valence-corrected chi connectivity index (χ0v) is 8.11. The molecule has 0 amide bonds. The van der Waals surface area contributed by atoms with E-state index in [-0.39, 0.29) is 0 Å². The Labute approximate surface area is 65.8 Å². The average molecular weight is 146 g/mol. The molecule has 0 fully saturated rings. The zero-order valence-electron chi connectivity index (χ0n) is 8.11. The molecule has 1 heteroatoms. The minimum Gasteiger partial charge on any atom is -0.303 e. The predicted octanol–water partition coefficient (Wildman–Crippen LogP) is 3.43. The Balaban J connectivity index is -0.0000000750. The summed E-state index contributed by atoms with van der Waals surface area (Å²) in [6.45, 7) is 10.3. The fraction of sp³-hybridized carbons (Fsp3) is 0.889. The summed E-state index contributed by atoms with van der Waals surface area (Å²) < 4.78 is 0. The third-order valence-electron chi connectivity index (χ3n) is 0.167. The van der Waals surface area contributed by atoms with E-state index in [1.165, 1.54) is 12.8 Å². The van der Waals surface area contributed by atoms with Crippen molar-refractivity contribution >= 4 is 6.29 Å². The van der Waals surface area contributed by atoms with Crippen LogP contribution < -0.4 is 0 Å². The number of hydrogen-bond donors (Lipinski definition) is 0. The van der Waals surface area contributed by atoms with Gasteiger partial charge in [0, 0.05) is 6.42 Å². The molecule has 0 aliphatic carbocycles. The highest BCUT2D eigenvalue weighted by atomic mass is 16.1. The summed E-state index contributed by atoms with van der Waals surface area (Å²) in [5, 5.41) is 0. The molecule has 0 aromatic heterocycles. The molecule has 0 heterocycles. The second-order valence-electron chi connectivity index (χ2n) is 1.99. The monoisotopic (exact) mass is 146 g/mol. The Morgan fingerprint density at radius 1 is 0.900 bits per heavy atom. The van der Waals surface area contributed by atoms with Crippen LogP contribution in [0.15, 0.2) is 0 Å². The van der Waals surface area contributed by atoms with E-state index in [2.05, 4.69) is 27.7 Å². The lowest BCUT2D eigenvalue weighted by Gasteiger charge is -1.51. The zero-order chi connectivity index (χ0) is 8.83. The highest BCUT2D eigenvalue weighted by Gasteiger charge is 1.52. The van der Waals surface area contributed by atoms with Gasteiger partial charge in [0.25, 0.3) is 0 Å². The molecule has 0 atom stereocenters. The first kappa shape index (κ1) is 16.3. The van der Waals surface area contributed by atoms with E-state index in [9.17, 15) is 4.79 Å². The molecule has 0 spiro atoms. The lowest BCUT2D eigenvalue weighted by molar-refractivity contribution is -0.107. The number of rotatable bonds is 1. The Bertz CT molecular complexity index is 31.7. The van der Waals surface area contributed by atoms with Crippen LogP contribution in [0.1, 0.15) is 53.9 Å². The SMILES string of the molecule is CCC.CCC.CCC=O. The van der Waals surface area contributed by atoms with E-state index in [0.717, 1.165) is 6.29 Å². The predicted molar refractivity (Wildman–Crippen MR) is 48.3 cm³/mol. The highest BCUT2D eigenvalue weighted by molar-refractivity contribution is 5.48. The molecule has 1 nitrogen and oxygen atoms in total. The maximum atomic E-state index is 9.17. The first-order valence-corrected chi connectivity index (χ1v) is 4.18. The standard InChI is InChI=1S/C3H6O.2C3H8/c1-2-3-4;2*1-3-2/h3H,2H2,1H3;2*3H2,1-2H3. The first-order chi connectivity index (χ1) is 4.74. The summed E-state index contributed by atoms with van der Waals surface area (Å²) >= 11 is 0. The Kier molecular flexibility index (Phi) is 61.9. The van der Waals surface area contributed by atoms with Crippen molar-refractivity contribution < 1.29 is 4.79 Å². The minimum atomic E-state index is 0.639. The average Bonchev–Trinajstić information content (AvgIpc) is 1.91. The fourth-order valence-corrected chi connectivity index (χ4v) is 0. The molecule has 64 valence electrons. The fourth-order valence-electron chi connectivity index (χ4n) is 0. The van der Waals surface area contributed by atoms with Crippen LogP contribution in [0.4, 0.5) is 0 Å². The van der Waals surface area contributed by atoms with E-state index in [1.54, 1.807) is 0 Å². The Morgan fingerprint density at radius 2 is 1.00 bits per heavy atom. The van der Waals surface area contributed by atoms with Crippen LogP contribution in [0.5, 0.6) is 0 Å². The number of aldehydes is 1. The number of carbonyl (C=O) groups excluding carboxylic acids is 1. The molecule has 0 aromatic carbocycles. The second kappa shape index (κ2) is 37.9. The van der Waals surface area contributed by atoms with Gasteiger partial charge in [-0.15, -0.1) is 0 Å². The third-order valence-corrected chi connectivity index (χ3v) is 0.167. The third kappa shape index (κ3) is 760. The van der Waals surface area contributed by atoms with E-state index in [0.29, 0.717) is 6.42 Å². The van der Waals surface area contributed by atoms with Gasteiger partial charge in [0.2, 0.25) is 0 Å². The van der Waals surface area contributed by atoms with Gasteiger partial charge in [-0.2, -0.15) is 0 Å². The van der Waals surface area contributed by atoms with Crippen LogP contribution in [0.25, 0.3) is 0 Å². The van der Waals surface area contributed by atoms with Gasteiger partial charge < -0.3 is 4.79 Å². The van der Waals surface area contributed by atoms with E-state index in [1.807, 2.05) is 6.92 Å². The van der Waals surface area contributed by atoms with Gasteiger partial charge in [-0.05, 0) is 0 Å². The van der Waals surface area contributed by atoms with Crippen molar-refractivity contribution in [1.29, 1.82) is 0 Å². The molecule has 0 bridgehead atoms. The van der Waals surface area contributed by atoms with Crippen molar-refractivity contribution in [2.24, 2.45) is 0 Å². The normalized spacial score (nSPS) is 6.10. The van der Waals surface area contributed by atoms with Gasteiger partial charge in [0.15, 0.2) is 0 Å². The maximum Gasteiger partial charge on any atom is 0.119 e. The molecule has 0 rings (SSSR count).